The second-order valence-corrected chi connectivity index (χ2v) is 15.1. The monoisotopic (exact) mass is 853 g/mol. The van der Waals surface area contributed by atoms with Gasteiger partial charge in [-0.1, -0.05) is 46.7 Å². The van der Waals surface area contributed by atoms with E-state index < -0.39 is 0 Å². The van der Waals surface area contributed by atoms with Crippen LogP contribution in [-0.2, 0) is 42.9 Å². The van der Waals surface area contributed by atoms with Gasteiger partial charge in [-0.15, -0.1) is 0 Å². The fourth-order valence-electron chi connectivity index (χ4n) is 4.99. The molecule has 0 radical (unpaired) electrons. The number of amides is 1. The van der Waals surface area contributed by atoms with Crippen molar-refractivity contribution in [3.63, 3.8) is 0 Å². The van der Waals surface area contributed by atoms with E-state index in [1.807, 2.05) is 61.9 Å². The molecule has 0 aliphatic carbocycles. The summed E-state index contributed by atoms with van der Waals surface area (Å²) in [5, 5.41) is 0. The Bertz CT molecular complexity index is 1220. The van der Waals surface area contributed by atoms with E-state index in [-0.39, 0.29) is 29.9 Å². The van der Waals surface area contributed by atoms with Gasteiger partial charge in [-0.3, -0.25) is 9.69 Å². The van der Waals surface area contributed by atoms with Crippen molar-refractivity contribution in [1.82, 2.24) is 29.4 Å². The van der Waals surface area contributed by atoms with Crippen LogP contribution in [0.4, 0.5) is 0 Å². The van der Waals surface area contributed by atoms with Crippen molar-refractivity contribution in [3.05, 3.63) is 62.0 Å². The van der Waals surface area contributed by atoms with Crippen molar-refractivity contribution in [2.24, 2.45) is 0 Å². The number of likely N-dealkylation sites (N-methyl/N-ethyl adjacent to an activating group) is 4. The van der Waals surface area contributed by atoms with Gasteiger partial charge in [0.05, 0.1) is 26.1 Å². The van der Waals surface area contributed by atoms with Gasteiger partial charge in [0.25, 0.3) is 0 Å². The number of likely N-dealkylation sites (tertiary alicyclic amines) is 1. The number of esters is 3. The Morgan fingerprint density at radius 1 is 0.683 bits per heavy atom. The third-order valence-electron chi connectivity index (χ3n) is 8.35. The summed E-state index contributed by atoms with van der Waals surface area (Å²) in [6.07, 6.45) is 6.14. The second-order valence-electron chi connectivity index (χ2n) is 15.1. The molecule has 2 rings (SSSR count). The van der Waals surface area contributed by atoms with Gasteiger partial charge in [-0.25, -0.2) is 14.4 Å². The number of carbonyl (C=O) groups excluding carboxylic acids is 4. The van der Waals surface area contributed by atoms with Crippen LogP contribution in [0.2, 0.25) is 0 Å². The molecule has 0 N–H and O–H groups in total. The van der Waals surface area contributed by atoms with Gasteiger partial charge >= 0.3 is 17.9 Å². The molecule has 2 fully saturated rings. The van der Waals surface area contributed by atoms with Crippen molar-refractivity contribution in [2.45, 2.75) is 60.0 Å². The third kappa shape index (κ3) is 38.3. The van der Waals surface area contributed by atoms with Crippen LogP contribution in [0.15, 0.2) is 62.0 Å². The molecule has 0 saturated carbocycles. The molecule has 60 heavy (non-hydrogen) atoms. The van der Waals surface area contributed by atoms with Gasteiger partial charge in [0.1, 0.15) is 19.3 Å². The van der Waals surface area contributed by atoms with Gasteiger partial charge in [0, 0.05) is 81.7 Å². The maximum absolute atomic E-state index is 11.3. The summed E-state index contributed by atoms with van der Waals surface area (Å²) >= 11 is 0. The summed E-state index contributed by atoms with van der Waals surface area (Å²) in [5.74, 6) is -0.853. The van der Waals surface area contributed by atoms with Gasteiger partial charge in [-0.2, -0.15) is 0 Å². The maximum Gasteiger partial charge on any atom is 0.333 e. The van der Waals surface area contributed by atoms with E-state index in [9.17, 15) is 19.2 Å². The minimum atomic E-state index is -0.362. The molecule has 0 unspecified atom stereocenters. The predicted octanol–water partition coefficient (Wildman–Crippen LogP) is 4.38. The first-order valence-corrected chi connectivity index (χ1v) is 20.9. The van der Waals surface area contributed by atoms with Crippen LogP contribution in [0.5, 0.6) is 0 Å². The van der Waals surface area contributed by atoms with Gasteiger partial charge < -0.3 is 48.2 Å². The molecular formula is C45H84N6O9. The Balaban J connectivity index is -0.000000681. The van der Waals surface area contributed by atoms with Crippen LogP contribution in [0.1, 0.15) is 53.9 Å². The van der Waals surface area contributed by atoms with Crippen LogP contribution in [0.25, 0.3) is 0 Å². The molecule has 1 amide bonds. The van der Waals surface area contributed by atoms with Gasteiger partial charge in [0.2, 0.25) is 5.91 Å². The molecule has 2 aliphatic rings. The van der Waals surface area contributed by atoms with Crippen LogP contribution < -0.4 is 0 Å². The standard InChI is InChI=1S/C10H20N2O2.C10H17NO3.C9H15NO.C8H15NO2.C8H17NO/c1-6-10(13)14-9(7-11(2)3)8-12(4)5;1-9(2)10(12)14-8-5-11-3-6-13-7-4-11;1-8(2)9(11)10-6-4-3-5-7-10;1-7(2)8(10)11-6-5-9(3)4;1-4-9(5-2)7-8-10-6-3/h6,9H,1,7-8H2,2-5H3;1,3-8H2,2H3;1,3-7H2,2H3;1,5-6H2,2-4H3;6H,3-5,7-8H2,1-2H3. The topological polar surface area (TPSA) is 134 Å². The van der Waals surface area contributed by atoms with Crippen molar-refractivity contribution >= 4 is 23.8 Å². The lowest BCUT2D eigenvalue weighted by Gasteiger charge is -2.26. The van der Waals surface area contributed by atoms with Gasteiger partial charge in [0.15, 0.2) is 0 Å². The smallest absolute Gasteiger partial charge is 0.333 e. The SMILES string of the molecule is C=C(C)C(=O)N1CCCCC1.C=C(C)C(=O)OCCN(C)C.C=C(C)C(=O)OCCN1CCOCC1.C=CC(=O)OC(CN(C)C)CN(C)C.C=COCCN(CC)CC. The first-order valence-electron chi connectivity index (χ1n) is 20.9. The molecule has 348 valence electrons. The Kier molecular flexibility index (Phi) is 39.6. The number of piperidine rings is 1. The highest BCUT2D eigenvalue weighted by molar-refractivity contribution is 5.92. The number of nitrogens with zero attached hydrogens (tertiary/aromatic N) is 6. The molecule has 0 spiro atoms. The summed E-state index contributed by atoms with van der Waals surface area (Å²) in [6, 6.07) is 0. The zero-order chi connectivity index (χ0) is 46.5. The minimum absolute atomic E-state index is 0.106. The van der Waals surface area contributed by atoms with Crippen molar-refractivity contribution in [1.29, 1.82) is 0 Å². The van der Waals surface area contributed by atoms with E-state index in [0.29, 0.717) is 29.9 Å². The van der Waals surface area contributed by atoms with E-state index in [1.165, 1.54) is 18.8 Å². The normalized spacial score (nSPS) is 13.5. The van der Waals surface area contributed by atoms with E-state index in [4.69, 9.17) is 23.7 Å². The van der Waals surface area contributed by atoms with Crippen LogP contribution in [-0.4, -0.2) is 207 Å². The second kappa shape index (κ2) is 39.3. The zero-order valence-electron chi connectivity index (χ0n) is 39.6. The highest BCUT2D eigenvalue weighted by Gasteiger charge is 2.16. The Morgan fingerprint density at radius 2 is 1.18 bits per heavy atom. The molecule has 0 aromatic carbocycles. The lowest BCUT2D eigenvalue weighted by Crippen LogP contribution is -2.38. The maximum atomic E-state index is 11.3. The van der Waals surface area contributed by atoms with Gasteiger partial charge in [-0.05, 0) is 95.4 Å². The number of morpholine rings is 1. The number of hydrogen-bond donors (Lipinski definition) is 0. The number of hydrogen-bond acceptors (Lipinski definition) is 14. The highest BCUT2D eigenvalue weighted by atomic mass is 16.5. The van der Waals surface area contributed by atoms with Crippen molar-refractivity contribution in [3.8, 4) is 0 Å². The molecule has 0 bridgehead atoms. The summed E-state index contributed by atoms with van der Waals surface area (Å²) in [4.78, 5) is 56.5. The van der Waals surface area contributed by atoms with E-state index in [1.54, 1.807) is 20.8 Å². The summed E-state index contributed by atoms with van der Waals surface area (Å²) in [5.41, 5.74) is 1.56. The lowest BCUT2D eigenvalue weighted by molar-refractivity contribution is -0.144. The average molecular weight is 853 g/mol. The molecule has 15 heteroatoms. The Morgan fingerprint density at radius 3 is 1.58 bits per heavy atom. The molecule has 2 aliphatic heterocycles. The predicted molar refractivity (Wildman–Crippen MR) is 244 cm³/mol. The Labute approximate surface area is 364 Å². The van der Waals surface area contributed by atoms with Crippen molar-refractivity contribution in [2.75, 3.05) is 147 Å². The molecule has 2 saturated heterocycles. The quantitative estimate of drug-likeness (QED) is 0.0532. The fourth-order valence-corrected chi connectivity index (χ4v) is 4.99. The van der Waals surface area contributed by atoms with E-state index in [0.717, 1.165) is 105 Å². The molecular weight excluding hydrogens is 769 g/mol. The summed E-state index contributed by atoms with van der Waals surface area (Å²) in [6.45, 7) is 39.8. The molecule has 15 nitrogen and oxygen atoms in total. The molecule has 0 atom stereocenters. The van der Waals surface area contributed by atoms with Crippen molar-refractivity contribution < 1.29 is 42.9 Å². The summed E-state index contributed by atoms with van der Waals surface area (Å²) < 4.78 is 25.2. The van der Waals surface area contributed by atoms with E-state index in [2.05, 4.69) is 56.5 Å². The lowest BCUT2D eigenvalue weighted by atomic mass is 10.1. The summed E-state index contributed by atoms with van der Waals surface area (Å²) in [7, 11) is 11.6. The zero-order valence-corrected chi connectivity index (χ0v) is 39.6. The number of carbonyl (C=O) groups is 4. The number of ether oxygens (including phenoxy) is 5. The van der Waals surface area contributed by atoms with Crippen LogP contribution in [0, 0.1) is 0 Å². The largest absolute Gasteiger partial charge is 0.500 e. The minimum Gasteiger partial charge on any atom is -0.500 e. The third-order valence-corrected chi connectivity index (χ3v) is 8.35. The van der Waals surface area contributed by atoms with E-state index >= 15 is 0 Å². The number of rotatable bonds is 21. The molecule has 2 heterocycles. The van der Waals surface area contributed by atoms with Crippen LogP contribution >= 0.6 is 0 Å². The fraction of sp³-hybridized carbons (Fsp3) is 0.689. The first kappa shape index (κ1) is 60.4. The molecule has 0 aromatic heterocycles. The Hall–Kier alpha value is -3.86. The average Bonchev–Trinajstić information content (AvgIpc) is 3.20. The highest BCUT2D eigenvalue weighted by Crippen LogP contribution is 2.10. The van der Waals surface area contributed by atoms with Crippen LogP contribution in [0.3, 0.4) is 0 Å². The first-order chi connectivity index (χ1) is 28.2. The molecule has 0 aromatic rings.